The van der Waals surface area contributed by atoms with Crippen molar-refractivity contribution in [3.63, 3.8) is 0 Å². The smallest absolute Gasteiger partial charge is 0.245 e. The minimum Gasteiger partial charge on any atom is -0.344 e. The maximum atomic E-state index is 12.5. The molecule has 3 atom stereocenters. The summed E-state index contributed by atoms with van der Waals surface area (Å²) >= 11 is 0. The largest absolute Gasteiger partial charge is 0.344 e. The predicted molar refractivity (Wildman–Crippen MR) is 65.3 cm³/mol. The SMILES string of the molecule is CCC(C)N1C(=O)C(C2CC2)NC(=O)CC1C. The first kappa shape index (κ1) is 12.4. The van der Waals surface area contributed by atoms with Crippen LogP contribution in [0.3, 0.4) is 0 Å². The highest BCUT2D eigenvalue weighted by Gasteiger charge is 2.43. The van der Waals surface area contributed by atoms with Crippen LogP contribution in [-0.2, 0) is 9.59 Å². The zero-order chi connectivity index (χ0) is 12.6. The van der Waals surface area contributed by atoms with Gasteiger partial charge in [-0.2, -0.15) is 0 Å². The lowest BCUT2D eigenvalue weighted by Gasteiger charge is -2.34. The summed E-state index contributed by atoms with van der Waals surface area (Å²) < 4.78 is 0. The Morgan fingerprint density at radius 2 is 2.06 bits per heavy atom. The first-order valence-corrected chi connectivity index (χ1v) is 6.66. The summed E-state index contributed by atoms with van der Waals surface area (Å²) in [6.45, 7) is 6.12. The van der Waals surface area contributed by atoms with Gasteiger partial charge in [0.2, 0.25) is 11.8 Å². The molecule has 4 heteroatoms. The first-order chi connectivity index (χ1) is 8.04. The second-order valence-corrected chi connectivity index (χ2v) is 5.44. The Morgan fingerprint density at radius 1 is 1.41 bits per heavy atom. The fraction of sp³-hybridized carbons (Fsp3) is 0.846. The fourth-order valence-corrected chi connectivity index (χ4v) is 2.64. The van der Waals surface area contributed by atoms with Gasteiger partial charge in [0.15, 0.2) is 0 Å². The van der Waals surface area contributed by atoms with Crippen molar-refractivity contribution in [1.82, 2.24) is 10.2 Å². The lowest BCUT2D eigenvalue weighted by molar-refractivity contribution is -0.137. The Hall–Kier alpha value is -1.06. The molecule has 1 aliphatic carbocycles. The molecule has 3 unspecified atom stereocenters. The summed E-state index contributed by atoms with van der Waals surface area (Å²) in [6.07, 6.45) is 3.50. The first-order valence-electron chi connectivity index (χ1n) is 6.66. The van der Waals surface area contributed by atoms with Gasteiger partial charge in [-0.1, -0.05) is 6.92 Å². The van der Waals surface area contributed by atoms with Gasteiger partial charge in [0.1, 0.15) is 6.04 Å². The summed E-state index contributed by atoms with van der Waals surface area (Å²) in [5.74, 6) is 0.525. The highest BCUT2D eigenvalue weighted by molar-refractivity contribution is 5.91. The molecule has 2 fully saturated rings. The molecule has 1 saturated heterocycles. The van der Waals surface area contributed by atoms with Crippen molar-refractivity contribution in [2.75, 3.05) is 0 Å². The number of carbonyl (C=O) groups is 2. The lowest BCUT2D eigenvalue weighted by Crippen LogP contribution is -2.50. The van der Waals surface area contributed by atoms with Gasteiger partial charge in [0, 0.05) is 18.5 Å². The van der Waals surface area contributed by atoms with Gasteiger partial charge in [-0.25, -0.2) is 0 Å². The van der Waals surface area contributed by atoms with E-state index in [1.54, 1.807) is 0 Å². The molecule has 0 radical (unpaired) electrons. The molecule has 2 amide bonds. The summed E-state index contributed by atoms with van der Waals surface area (Å²) in [6, 6.07) is -0.0332. The van der Waals surface area contributed by atoms with Crippen LogP contribution in [0.15, 0.2) is 0 Å². The molecule has 0 spiro atoms. The zero-order valence-electron chi connectivity index (χ0n) is 10.9. The molecule has 4 nitrogen and oxygen atoms in total. The maximum absolute atomic E-state index is 12.5. The van der Waals surface area contributed by atoms with Gasteiger partial charge < -0.3 is 10.2 Å². The van der Waals surface area contributed by atoms with Crippen molar-refractivity contribution in [3.8, 4) is 0 Å². The van der Waals surface area contributed by atoms with E-state index in [1.807, 2.05) is 11.8 Å². The monoisotopic (exact) mass is 238 g/mol. The van der Waals surface area contributed by atoms with E-state index in [0.717, 1.165) is 19.3 Å². The third-order valence-corrected chi connectivity index (χ3v) is 3.95. The summed E-state index contributed by atoms with van der Waals surface area (Å²) in [5, 5.41) is 2.90. The van der Waals surface area contributed by atoms with Gasteiger partial charge in [-0.15, -0.1) is 0 Å². The maximum Gasteiger partial charge on any atom is 0.245 e. The zero-order valence-corrected chi connectivity index (χ0v) is 10.9. The van der Waals surface area contributed by atoms with Crippen LogP contribution in [0, 0.1) is 5.92 Å². The Kier molecular flexibility index (Phi) is 3.40. The molecule has 17 heavy (non-hydrogen) atoms. The van der Waals surface area contributed by atoms with E-state index in [0.29, 0.717) is 12.3 Å². The van der Waals surface area contributed by atoms with Crippen LogP contribution >= 0.6 is 0 Å². The minimum absolute atomic E-state index is 0.0150. The van der Waals surface area contributed by atoms with Crippen LogP contribution in [0.2, 0.25) is 0 Å². The molecule has 96 valence electrons. The topological polar surface area (TPSA) is 49.4 Å². The number of carbonyl (C=O) groups excluding carboxylic acids is 2. The van der Waals surface area contributed by atoms with Gasteiger partial charge in [0.05, 0.1) is 0 Å². The molecule has 2 rings (SSSR count). The van der Waals surface area contributed by atoms with Crippen molar-refractivity contribution in [3.05, 3.63) is 0 Å². The number of hydrogen-bond donors (Lipinski definition) is 1. The standard InChI is InChI=1S/C13H22N2O2/c1-4-8(2)15-9(3)7-11(16)14-12(13(15)17)10-5-6-10/h8-10,12H,4-7H2,1-3H3,(H,14,16). The highest BCUT2D eigenvalue weighted by atomic mass is 16.2. The van der Waals surface area contributed by atoms with E-state index in [1.165, 1.54) is 0 Å². The molecule has 1 saturated carbocycles. The molecular formula is C13H22N2O2. The van der Waals surface area contributed by atoms with Crippen LogP contribution in [-0.4, -0.2) is 34.8 Å². The van der Waals surface area contributed by atoms with E-state index in [-0.39, 0.29) is 29.9 Å². The van der Waals surface area contributed by atoms with E-state index < -0.39 is 0 Å². The summed E-state index contributed by atoms with van der Waals surface area (Å²) in [5.41, 5.74) is 0. The van der Waals surface area contributed by atoms with Crippen LogP contribution in [0.5, 0.6) is 0 Å². The van der Waals surface area contributed by atoms with E-state index in [9.17, 15) is 9.59 Å². The third kappa shape index (κ3) is 2.45. The average Bonchev–Trinajstić information content (AvgIpc) is 3.08. The van der Waals surface area contributed by atoms with E-state index in [4.69, 9.17) is 0 Å². The molecule has 2 aliphatic rings. The third-order valence-electron chi connectivity index (χ3n) is 3.95. The van der Waals surface area contributed by atoms with Crippen LogP contribution in [0.1, 0.15) is 46.5 Å². The highest BCUT2D eigenvalue weighted by Crippen LogP contribution is 2.35. The van der Waals surface area contributed by atoms with Gasteiger partial charge in [-0.3, -0.25) is 9.59 Å². The van der Waals surface area contributed by atoms with Crippen LogP contribution in [0.4, 0.5) is 0 Å². The second-order valence-electron chi connectivity index (χ2n) is 5.44. The Morgan fingerprint density at radius 3 is 2.59 bits per heavy atom. The predicted octanol–water partition coefficient (Wildman–Crippen LogP) is 1.30. The number of rotatable bonds is 3. The van der Waals surface area contributed by atoms with E-state index >= 15 is 0 Å². The Bertz CT molecular complexity index is 325. The van der Waals surface area contributed by atoms with Gasteiger partial charge in [-0.05, 0) is 39.0 Å². The molecular weight excluding hydrogens is 216 g/mol. The molecule has 1 N–H and O–H groups in total. The molecule has 0 aromatic carbocycles. The molecule has 0 bridgehead atoms. The molecule has 0 aromatic heterocycles. The summed E-state index contributed by atoms with van der Waals surface area (Å²) in [4.78, 5) is 26.2. The Labute approximate surface area is 103 Å². The van der Waals surface area contributed by atoms with Crippen molar-refractivity contribution in [2.45, 2.75) is 64.6 Å². The minimum atomic E-state index is -0.263. The number of nitrogens with one attached hydrogen (secondary N) is 1. The number of hydrogen-bond acceptors (Lipinski definition) is 2. The molecule has 0 aromatic rings. The second kappa shape index (κ2) is 4.67. The van der Waals surface area contributed by atoms with Crippen molar-refractivity contribution < 1.29 is 9.59 Å². The quantitative estimate of drug-likeness (QED) is 0.805. The lowest BCUT2D eigenvalue weighted by atomic mass is 10.1. The summed E-state index contributed by atoms with van der Waals surface area (Å²) in [7, 11) is 0. The van der Waals surface area contributed by atoms with Crippen molar-refractivity contribution in [2.24, 2.45) is 5.92 Å². The fourth-order valence-electron chi connectivity index (χ4n) is 2.64. The van der Waals surface area contributed by atoms with Crippen LogP contribution in [0.25, 0.3) is 0 Å². The molecule has 1 aliphatic heterocycles. The van der Waals surface area contributed by atoms with E-state index in [2.05, 4.69) is 19.2 Å². The normalized spacial score (nSPS) is 32.1. The number of nitrogens with zero attached hydrogens (tertiary/aromatic N) is 1. The Balaban J connectivity index is 2.21. The number of amides is 2. The van der Waals surface area contributed by atoms with Crippen molar-refractivity contribution in [1.29, 1.82) is 0 Å². The average molecular weight is 238 g/mol. The van der Waals surface area contributed by atoms with Crippen molar-refractivity contribution >= 4 is 11.8 Å². The molecule has 1 heterocycles. The van der Waals surface area contributed by atoms with Gasteiger partial charge >= 0.3 is 0 Å². The van der Waals surface area contributed by atoms with Crippen LogP contribution < -0.4 is 5.32 Å². The van der Waals surface area contributed by atoms with Gasteiger partial charge in [0.25, 0.3) is 0 Å².